The lowest BCUT2D eigenvalue weighted by molar-refractivity contribution is -0.137. The Labute approximate surface area is 210 Å². The molecule has 11 heteroatoms. The second-order valence-electron chi connectivity index (χ2n) is 7.53. The number of amides is 1. The van der Waals surface area contributed by atoms with Gasteiger partial charge in [-0.1, -0.05) is 48.5 Å². The predicted octanol–water partition coefficient (Wildman–Crippen LogP) is 6.57. The van der Waals surface area contributed by atoms with Crippen molar-refractivity contribution in [1.82, 2.24) is 14.8 Å². The topological polar surface area (TPSA) is 69.0 Å². The molecule has 35 heavy (non-hydrogen) atoms. The number of hydrogen-bond acceptors (Lipinski definition) is 5. The van der Waals surface area contributed by atoms with Crippen molar-refractivity contribution >= 4 is 35.0 Å². The van der Waals surface area contributed by atoms with Gasteiger partial charge in [0.15, 0.2) is 17.1 Å². The Morgan fingerprint density at radius 2 is 1.97 bits per heavy atom. The van der Waals surface area contributed by atoms with Gasteiger partial charge in [0.1, 0.15) is 5.75 Å². The van der Waals surface area contributed by atoms with Gasteiger partial charge < -0.3 is 10.1 Å². The monoisotopic (exact) mass is 524 g/mol. The molecule has 1 unspecified atom stereocenters. The number of thioether (sulfide) groups is 1. The van der Waals surface area contributed by atoms with Crippen LogP contribution in [-0.2, 0) is 23.9 Å². The number of aryl methyl sites for hydroxylation is 1. The Hall–Kier alpha value is -2.98. The summed E-state index contributed by atoms with van der Waals surface area (Å²) in [4.78, 5) is 12.4. The summed E-state index contributed by atoms with van der Waals surface area (Å²) >= 11 is 7.04. The number of benzene rings is 2. The summed E-state index contributed by atoms with van der Waals surface area (Å²) in [5.41, 5.74) is 0.179. The van der Waals surface area contributed by atoms with E-state index in [-0.39, 0.29) is 16.5 Å². The van der Waals surface area contributed by atoms with Gasteiger partial charge in [0.25, 0.3) is 0 Å². The lowest BCUT2D eigenvalue weighted by Gasteiger charge is -2.16. The minimum Gasteiger partial charge on any atom is -0.483 e. The van der Waals surface area contributed by atoms with Crippen LogP contribution in [0.5, 0.6) is 5.75 Å². The summed E-state index contributed by atoms with van der Waals surface area (Å²) in [6, 6.07) is 10.5. The smallest absolute Gasteiger partial charge is 0.416 e. The zero-order valence-electron chi connectivity index (χ0n) is 19.1. The van der Waals surface area contributed by atoms with Gasteiger partial charge in [-0.2, -0.15) is 13.2 Å². The number of allylic oxidation sites excluding steroid dienone is 1. The van der Waals surface area contributed by atoms with Crippen molar-refractivity contribution in [2.75, 3.05) is 11.1 Å². The van der Waals surface area contributed by atoms with Gasteiger partial charge in [0.2, 0.25) is 5.91 Å². The van der Waals surface area contributed by atoms with E-state index in [1.54, 1.807) is 10.6 Å². The van der Waals surface area contributed by atoms with Crippen molar-refractivity contribution < 1.29 is 22.7 Å². The third kappa shape index (κ3) is 7.02. The van der Waals surface area contributed by atoms with Crippen molar-refractivity contribution in [3.05, 3.63) is 77.1 Å². The van der Waals surface area contributed by atoms with E-state index in [1.807, 2.05) is 31.2 Å². The number of ether oxygens (including phenoxy) is 1. The number of nitrogens with zero attached hydrogens (tertiary/aromatic N) is 3. The predicted molar refractivity (Wildman–Crippen MR) is 131 cm³/mol. The lowest BCUT2D eigenvalue weighted by Crippen LogP contribution is -2.16. The van der Waals surface area contributed by atoms with Crippen molar-refractivity contribution in [1.29, 1.82) is 0 Å². The first-order chi connectivity index (χ1) is 16.6. The van der Waals surface area contributed by atoms with Crippen LogP contribution in [0.4, 0.5) is 18.9 Å². The molecule has 0 aliphatic rings. The fraction of sp³-hybridized carbons (Fsp3) is 0.292. The third-order valence-electron chi connectivity index (χ3n) is 4.97. The Morgan fingerprint density at radius 1 is 1.26 bits per heavy atom. The zero-order valence-corrected chi connectivity index (χ0v) is 20.7. The molecule has 0 aliphatic heterocycles. The molecule has 1 N–H and O–H groups in total. The number of carbonyl (C=O) groups is 1. The Kier molecular flexibility index (Phi) is 8.85. The molecule has 1 heterocycles. The summed E-state index contributed by atoms with van der Waals surface area (Å²) in [5.74, 6) is 0.587. The molecule has 1 amide bonds. The molecular formula is C24H24ClF3N4O2S. The molecule has 0 fully saturated rings. The normalized spacial score (nSPS) is 12.3. The lowest BCUT2D eigenvalue weighted by atomic mass is 10.2. The van der Waals surface area contributed by atoms with E-state index in [2.05, 4.69) is 29.0 Å². The average Bonchev–Trinajstić information content (AvgIpc) is 3.22. The molecule has 2 aromatic carbocycles. The van der Waals surface area contributed by atoms with Crippen LogP contribution in [0.1, 0.15) is 36.9 Å². The SMILES string of the molecule is C=CCn1c(SCC(=O)Nc2cc(C(F)(F)F)ccc2Cl)nnc1C(C)Oc1ccc(CC)cc1. The number of rotatable bonds is 10. The second-order valence-corrected chi connectivity index (χ2v) is 8.88. The second kappa shape index (κ2) is 11.6. The Bertz CT molecular complexity index is 1180. The van der Waals surface area contributed by atoms with Gasteiger partial charge in [0.05, 0.1) is 22.0 Å². The fourth-order valence-corrected chi connectivity index (χ4v) is 4.10. The van der Waals surface area contributed by atoms with E-state index in [4.69, 9.17) is 16.3 Å². The van der Waals surface area contributed by atoms with E-state index >= 15 is 0 Å². The molecule has 3 rings (SSSR count). The minimum atomic E-state index is -4.55. The molecule has 1 aromatic heterocycles. The molecule has 0 bridgehead atoms. The van der Waals surface area contributed by atoms with E-state index < -0.39 is 23.8 Å². The number of anilines is 1. The summed E-state index contributed by atoms with van der Waals surface area (Å²) in [6.07, 6.45) is -2.38. The number of halogens is 4. The first-order valence-electron chi connectivity index (χ1n) is 10.7. The maximum atomic E-state index is 13.0. The highest BCUT2D eigenvalue weighted by Gasteiger charge is 2.31. The van der Waals surface area contributed by atoms with Gasteiger partial charge in [-0.3, -0.25) is 9.36 Å². The van der Waals surface area contributed by atoms with Crippen molar-refractivity contribution in [2.45, 2.75) is 44.2 Å². The van der Waals surface area contributed by atoms with Gasteiger partial charge >= 0.3 is 6.18 Å². The van der Waals surface area contributed by atoms with Crippen LogP contribution in [0, 0.1) is 0 Å². The van der Waals surface area contributed by atoms with Crippen molar-refractivity contribution in [3.8, 4) is 5.75 Å². The molecule has 0 spiro atoms. The number of hydrogen-bond donors (Lipinski definition) is 1. The molecule has 1 atom stereocenters. The Balaban J connectivity index is 1.68. The molecule has 0 aliphatic carbocycles. The highest BCUT2D eigenvalue weighted by molar-refractivity contribution is 7.99. The highest BCUT2D eigenvalue weighted by Crippen LogP contribution is 2.34. The van der Waals surface area contributed by atoms with E-state index in [9.17, 15) is 18.0 Å². The van der Waals surface area contributed by atoms with Crippen LogP contribution < -0.4 is 10.1 Å². The highest BCUT2D eigenvalue weighted by atomic mass is 35.5. The van der Waals surface area contributed by atoms with Gasteiger partial charge in [0, 0.05) is 6.54 Å². The van der Waals surface area contributed by atoms with Crippen LogP contribution in [-0.4, -0.2) is 26.4 Å². The Morgan fingerprint density at radius 3 is 2.60 bits per heavy atom. The molecule has 6 nitrogen and oxygen atoms in total. The van der Waals surface area contributed by atoms with Gasteiger partial charge in [-0.25, -0.2) is 0 Å². The van der Waals surface area contributed by atoms with Crippen molar-refractivity contribution in [3.63, 3.8) is 0 Å². The average molecular weight is 525 g/mol. The quantitative estimate of drug-likeness (QED) is 0.240. The molecule has 186 valence electrons. The van der Waals surface area contributed by atoms with E-state index in [1.165, 1.54) is 5.56 Å². The van der Waals surface area contributed by atoms with Gasteiger partial charge in [-0.15, -0.1) is 16.8 Å². The van der Waals surface area contributed by atoms with Gasteiger partial charge in [-0.05, 0) is 49.2 Å². The fourth-order valence-electron chi connectivity index (χ4n) is 3.18. The molecule has 0 saturated carbocycles. The van der Waals surface area contributed by atoms with E-state index in [0.29, 0.717) is 23.3 Å². The number of nitrogens with one attached hydrogen (secondary N) is 1. The molecule has 0 saturated heterocycles. The first-order valence-corrected chi connectivity index (χ1v) is 12.1. The summed E-state index contributed by atoms with van der Waals surface area (Å²) in [5, 5.41) is 11.3. The van der Waals surface area contributed by atoms with Crippen LogP contribution >= 0.6 is 23.4 Å². The summed E-state index contributed by atoms with van der Waals surface area (Å²) in [6.45, 7) is 8.05. The summed E-state index contributed by atoms with van der Waals surface area (Å²) in [7, 11) is 0. The number of aromatic nitrogens is 3. The van der Waals surface area contributed by atoms with E-state index in [0.717, 1.165) is 36.4 Å². The molecular weight excluding hydrogens is 501 g/mol. The minimum absolute atomic E-state index is 0.00593. The summed E-state index contributed by atoms with van der Waals surface area (Å²) < 4.78 is 46.7. The zero-order chi connectivity index (χ0) is 25.6. The maximum absolute atomic E-state index is 13.0. The maximum Gasteiger partial charge on any atom is 0.416 e. The number of carbonyl (C=O) groups excluding carboxylic acids is 1. The molecule has 0 radical (unpaired) electrons. The van der Waals surface area contributed by atoms with Crippen LogP contribution in [0.3, 0.4) is 0 Å². The van der Waals surface area contributed by atoms with Crippen LogP contribution in [0.25, 0.3) is 0 Å². The molecule has 3 aromatic rings. The standard InChI is InChI=1S/C24H24ClF3N4O2S/c1-4-12-32-22(15(3)34-18-9-6-16(5-2)7-10-18)30-31-23(32)35-14-21(33)29-20-13-17(24(26,27)28)8-11-19(20)25/h4,6-11,13,15H,1,5,12,14H2,2-3H3,(H,29,33). The first kappa shape index (κ1) is 26.6. The van der Waals surface area contributed by atoms with Crippen molar-refractivity contribution in [2.24, 2.45) is 0 Å². The third-order valence-corrected chi connectivity index (χ3v) is 6.26. The van der Waals surface area contributed by atoms with Crippen LogP contribution in [0.2, 0.25) is 5.02 Å². The number of alkyl halides is 3. The van der Waals surface area contributed by atoms with Crippen LogP contribution in [0.15, 0.2) is 60.3 Å². The largest absolute Gasteiger partial charge is 0.483 e.